The van der Waals surface area contributed by atoms with Gasteiger partial charge in [-0.3, -0.25) is 0 Å². The van der Waals surface area contributed by atoms with Gasteiger partial charge in [-0.15, -0.1) is 11.8 Å². The van der Waals surface area contributed by atoms with Crippen molar-refractivity contribution in [3.63, 3.8) is 0 Å². The molecule has 0 radical (unpaired) electrons. The van der Waals surface area contributed by atoms with Gasteiger partial charge in [0.2, 0.25) is 0 Å². The average molecular weight is 299 g/mol. The lowest BCUT2D eigenvalue weighted by Gasteiger charge is -2.21. The molecule has 0 fully saturated rings. The van der Waals surface area contributed by atoms with Crippen molar-refractivity contribution in [2.24, 2.45) is 0 Å². The summed E-state index contributed by atoms with van der Waals surface area (Å²) in [7, 11) is 0. The molecule has 0 aliphatic carbocycles. The number of rotatable bonds is 5. The maximum Gasteiger partial charge on any atom is 0.122 e. The van der Waals surface area contributed by atoms with Crippen LogP contribution in [0.15, 0.2) is 47.4 Å². The summed E-state index contributed by atoms with van der Waals surface area (Å²) in [5.74, 6) is 1.05. The Morgan fingerprint density at radius 3 is 2.90 bits per heavy atom. The predicted molar refractivity (Wildman–Crippen MR) is 90.5 cm³/mol. The first kappa shape index (κ1) is 14.3. The molecule has 2 aromatic carbocycles. The van der Waals surface area contributed by atoms with Crippen LogP contribution >= 0.6 is 11.8 Å². The van der Waals surface area contributed by atoms with Crippen LogP contribution in [0.2, 0.25) is 0 Å². The minimum atomic E-state index is 0.337. The first-order chi connectivity index (χ1) is 10.3. The summed E-state index contributed by atoms with van der Waals surface area (Å²) in [4.78, 5) is 1.29. The number of fused-ring (bicyclic) bond motifs is 1. The molecule has 21 heavy (non-hydrogen) atoms. The van der Waals surface area contributed by atoms with E-state index in [1.807, 2.05) is 0 Å². The van der Waals surface area contributed by atoms with Crippen LogP contribution in [0, 0.1) is 0 Å². The van der Waals surface area contributed by atoms with Gasteiger partial charge in [-0.05, 0) is 48.1 Å². The average Bonchev–Trinajstić information content (AvgIpc) is 3.00. The van der Waals surface area contributed by atoms with Crippen LogP contribution in [-0.2, 0) is 6.42 Å². The fourth-order valence-electron chi connectivity index (χ4n) is 2.80. The Morgan fingerprint density at radius 2 is 2.10 bits per heavy atom. The molecule has 0 saturated heterocycles. The molecule has 0 spiro atoms. The second-order valence-corrected chi connectivity index (χ2v) is 6.12. The third kappa shape index (κ3) is 3.03. The van der Waals surface area contributed by atoms with Crippen molar-refractivity contribution < 1.29 is 4.74 Å². The first-order valence-corrected chi connectivity index (χ1v) is 8.69. The van der Waals surface area contributed by atoms with Crippen LogP contribution in [0.25, 0.3) is 0 Å². The van der Waals surface area contributed by atoms with E-state index in [1.165, 1.54) is 21.7 Å². The normalized spacial score (nSPS) is 14.4. The van der Waals surface area contributed by atoms with Gasteiger partial charge in [0.1, 0.15) is 5.75 Å². The summed E-state index contributed by atoms with van der Waals surface area (Å²) in [5.41, 5.74) is 3.90. The highest BCUT2D eigenvalue weighted by Crippen LogP contribution is 2.33. The molecule has 0 bridgehead atoms. The number of ether oxygens (including phenoxy) is 1. The number of thioether (sulfide) groups is 1. The molecule has 0 aromatic heterocycles. The van der Waals surface area contributed by atoms with Crippen molar-refractivity contribution in [3.8, 4) is 5.75 Å². The van der Waals surface area contributed by atoms with Gasteiger partial charge < -0.3 is 10.1 Å². The molecule has 1 unspecified atom stereocenters. The minimum Gasteiger partial charge on any atom is -0.493 e. The van der Waals surface area contributed by atoms with Crippen molar-refractivity contribution in [3.05, 3.63) is 53.6 Å². The number of hydrogen-bond donors (Lipinski definition) is 1. The number of nitrogens with one attached hydrogen (secondary N) is 1. The van der Waals surface area contributed by atoms with Gasteiger partial charge in [0.15, 0.2) is 0 Å². The Labute approximate surface area is 130 Å². The Balaban J connectivity index is 1.85. The van der Waals surface area contributed by atoms with Crippen molar-refractivity contribution in [1.29, 1.82) is 0 Å². The lowest BCUT2D eigenvalue weighted by atomic mass is 10.0. The van der Waals surface area contributed by atoms with Gasteiger partial charge in [-0.1, -0.05) is 25.1 Å². The lowest BCUT2D eigenvalue weighted by Crippen LogP contribution is -2.10. The second kappa shape index (κ2) is 6.44. The molecule has 1 aliphatic rings. The van der Waals surface area contributed by atoms with E-state index in [2.05, 4.69) is 61.0 Å². The lowest BCUT2D eigenvalue weighted by molar-refractivity contribution is 0.357. The van der Waals surface area contributed by atoms with E-state index in [0.29, 0.717) is 6.04 Å². The smallest absolute Gasteiger partial charge is 0.122 e. The Bertz CT molecular complexity index is 626. The zero-order valence-corrected chi connectivity index (χ0v) is 13.4. The molecule has 110 valence electrons. The summed E-state index contributed by atoms with van der Waals surface area (Å²) >= 11 is 1.78. The summed E-state index contributed by atoms with van der Waals surface area (Å²) in [6, 6.07) is 15.4. The van der Waals surface area contributed by atoms with Crippen molar-refractivity contribution in [2.45, 2.75) is 30.7 Å². The zero-order chi connectivity index (χ0) is 14.7. The molecule has 0 saturated carbocycles. The summed E-state index contributed by atoms with van der Waals surface area (Å²) in [6.07, 6.45) is 4.21. The molecular weight excluding hydrogens is 278 g/mol. The molecule has 1 aliphatic heterocycles. The maximum absolute atomic E-state index is 5.60. The zero-order valence-electron chi connectivity index (χ0n) is 12.6. The molecular formula is C18H21NOS. The molecule has 1 atom stereocenters. The van der Waals surface area contributed by atoms with E-state index in [0.717, 1.165) is 25.2 Å². The van der Waals surface area contributed by atoms with Gasteiger partial charge in [0.25, 0.3) is 0 Å². The van der Waals surface area contributed by atoms with Crippen LogP contribution in [0.4, 0.5) is 5.69 Å². The van der Waals surface area contributed by atoms with E-state index in [-0.39, 0.29) is 0 Å². The summed E-state index contributed by atoms with van der Waals surface area (Å²) in [6.45, 7) is 3.04. The van der Waals surface area contributed by atoms with Crippen LogP contribution in [0.1, 0.15) is 30.5 Å². The fourth-order valence-corrected chi connectivity index (χ4v) is 3.36. The highest BCUT2D eigenvalue weighted by molar-refractivity contribution is 7.98. The van der Waals surface area contributed by atoms with Crippen LogP contribution in [0.5, 0.6) is 5.75 Å². The minimum absolute atomic E-state index is 0.337. The number of anilines is 1. The third-order valence-corrected chi connectivity index (χ3v) is 4.76. The second-order valence-electron chi connectivity index (χ2n) is 5.27. The quantitative estimate of drug-likeness (QED) is 0.793. The van der Waals surface area contributed by atoms with Crippen molar-refractivity contribution >= 4 is 17.4 Å². The number of benzene rings is 2. The van der Waals surface area contributed by atoms with E-state index in [9.17, 15) is 0 Å². The molecule has 3 rings (SSSR count). The van der Waals surface area contributed by atoms with Gasteiger partial charge >= 0.3 is 0 Å². The number of para-hydroxylation sites is 1. The fraction of sp³-hybridized carbons (Fsp3) is 0.333. The van der Waals surface area contributed by atoms with E-state index >= 15 is 0 Å². The van der Waals surface area contributed by atoms with Crippen LogP contribution in [0.3, 0.4) is 0 Å². The van der Waals surface area contributed by atoms with Gasteiger partial charge in [-0.2, -0.15) is 0 Å². The highest BCUT2D eigenvalue weighted by Gasteiger charge is 2.16. The topological polar surface area (TPSA) is 21.3 Å². The van der Waals surface area contributed by atoms with Gasteiger partial charge in [-0.25, -0.2) is 0 Å². The highest BCUT2D eigenvalue weighted by atomic mass is 32.2. The molecule has 1 N–H and O–H groups in total. The number of hydrogen-bond acceptors (Lipinski definition) is 3. The monoisotopic (exact) mass is 299 g/mol. The van der Waals surface area contributed by atoms with Crippen LogP contribution in [-0.4, -0.2) is 12.9 Å². The van der Waals surface area contributed by atoms with Gasteiger partial charge in [0, 0.05) is 17.0 Å². The molecule has 2 nitrogen and oxygen atoms in total. The van der Waals surface area contributed by atoms with E-state index in [4.69, 9.17) is 4.74 Å². The molecule has 3 heteroatoms. The van der Waals surface area contributed by atoms with Crippen molar-refractivity contribution in [1.82, 2.24) is 0 Å². The SMILES string of the molecule is CCC(Nc1ccccc1SC)c1ccc2c(c1)CCO2. The molecule has 2 aromatic rings. The molecule has 0 amide bonds. The Hall–Kier alpha value is -1.61. The van der Waals surface area contributed by atoms with Gasteiger partial charge in [0.05, 0.1) is 12.6 Å². The third-order valence-electron chi connectivity index (χ3n) is 3.96. The standard InChI is InChI=1S/C18H21NOS/c1-3-15(19-16-6-4-5-7-18(16)21-2)13-8-9-17-14(12-13)10-11-20-17/h4-9,12,15,19H,3,10-11H2,1-2H3. The largest absolute Gasteiger partial charge is 0.493 e. The molecule has 1 heterocycles. The maximum atomic E-state index is 5.60. The first-order valence-electron chi connectivity index (χ1n) is 7.47. The Kier molecular flexibility index (Phi) is 4.39. The van der Waals surface area contributed by atoms with E-state index < -0.39 is 0 Å². The van der Waals surface area contributed by atoms with E-state index in [1.54, 1.807) is 11.8 Å². The summed E-state index contributed by atoms with van der Waals surface area (Å²) < 4.78 is 5.60. The van der Waals surface area contributed by atoms with Crippen molar-refractivity contribution in [2.75, 3.05) is 18.2 Å². The predicted octanol–water partition coefficient (Wildman–Crippen LogP) is 4.91. The summed E-state index contributed by atoms with van der Waals surface area (Å²) in [5, 5.41) is 3.69. The Morgan fingerprint density at radius 1 is 1.24 bits per heavy atom. The van der Waals surface area contributed by atoms with Crippen LogP contribution < -0.4 is 10.1 Å².